The van der Waals surface area contributed by atoms with E-state index >= 15 is 0 Å². The summed E-state index contributed by atoms with van der Waals surface area (Å²) in [6.45, 7) is 8.93. The summed E-state index contributed by atoms with van der Waals surface area (Å²) in [6, 6.07) is 19.0. The lowest BCUT2D eigenvalue weighted by molar-refractivity contribution is 0.955. The van der Waals surface area contributed by atoms with Gasteiger partial charge in [0.25, 0.3) is 0 Å². The van der Waals surface area contributed by atoms with E-state index in [-0.39, 0.29) is 0 Å². The smallest absolute Gasteiger partial charge is 0.133 e. The molecule has 0 fully saturated rings. The molecular weight excluding hydrogens is 440 g/mol. The Kier molecular flexibility index (Phi) is 10.1. The molecule has 0 aliphatic carbocycles. The van der Waals surface area contributed by atoms with Crippen LogP contribution in [0.1, 0.15) is 50.3 Å². The van der Waals surface area contributed by atoms with Crippen molar-refractivity contribution >= 4 is 16.7 Å². The molecule has 1 heterocycles. The van der Waals surface area contributed by atoms with E-state index in [4.69, 9.17) is 4.99 Å². The molecule has 0 atom stereocenters. The van der Waals surface area contributed by atoms with Crippen LogP contribution in [0.3, 0.4) is 0 Å². The summed E-state index contributed by atoms with van der Waals surface area (Å²) >= 11 is 0. The number of allylic oxidation sites excluding steroid dienone is 6. The number of aromatic amines is 1. The van der Waals surface area contributed by atoms with Crippen LogP contribution >= 0.6 is 0 Å². The van der Waals surface area contributed by atoms with Crippen molar-refractivity contribution in [3.05, 3.63) is 119 Å². The second kappa shape index (κ2) is 13.7. The molecule has 0 bridgehead atoms. The molecule has 0 aliphatic rings. The van der Waals surface area contributed by atoms with Crippen LogP contribution in [0.5, 0.6) is 0 Å². The molecule has 0 amide bonds. The van der Waals surface area contributed by atoms with Gasteiger partial charge in [0.05, 0.1) is 11.6 Å². The quantitative estimate of drug-likeness (QED) is 0.136. The van der Waals surface area contributed by atoms with Gasteiger partial charge in [0.2, 0.25) is 0 Å². The lowest BCUT2D eigenvalue weighted by atomic mass is 10.0. The van der Waals surface area contributed by atoms with Gasteiger partial charge in [-0.25, -0.2) is 0 Å². The minimum absolute atomic E-state index is 0.627. The van der Waals surface area contributed by atoms with Gasteiger partial charge in [-0.05, 0) is 68.0 Å². The standard InChI is InChI=1S/C32H36N4/c1-5-8-15-25(22-33)21-26(7-3)30(13-6-2)36-32(28-16-10-9-14-24(28)4)34-20-19-27-23-35-31-18-12-11-17-29(27)31/h7-18,21,23,35H,5-6,19-20H2,1-4H3,(H,34,36)/b15-8+,25-21+,26-7+,30-13+. The van der Waals surface area contributed by atoms with Crippen LogP contribution < -0.4 is 5.32 Å². The number of nitrogens with zero attached hydrogens (tertiary/aromatic N) is 2. The fourth-order valence-corrected chi connectivity index (χ4v) is 4.08. The Balaban J connectivity index is 1.94. The summed E-state index contributed by atoms with van der Waals surface area (Å²) in [7, 11) is 0. The van der Waals surface area contributed by atoms with Crippen molar-refractivity contribution in [1.82, 2.24) is 10.3 Å². The van der Waals surface area contributed by atoms with Crippen molar-refractivity contribution in [2.24, 2.45) is 4.99 Å². The molecule has 3 aromatic rings. The second-order valence-corrected chi connectivity index (χ2v) is 8.57. The molecule has 0 aliphatic heterocycles. The molecule has 2 aromatic carbocycles. The Labute approximate surface area is 215 Å². The minimum Gasteiger partial charge on any atom is -0.361 e. The Hall–Kier alpha value is -4.10. The van der Waals surface area contributed by atoms with Crippen LogP contribution in [0.4, 0.5) is 0 Å². The van der Waals surface area contributed by atoms with Gasteiger partial charge in [0.15, 0.2) is 0 Å². The van der Waals surface area contributed by atoms with E-state index in [0.29, 0.717) is 12.1 Å². The molecule has 0 saturated carbocycles. The number of H-pyrrole nitrogens is 1. The number of aryl methyl sites for hydroxylation is 1. The number of fused-ring (bicyclic) bond motifs is 1. The summed E-state index contributed by atoms with van der Waals surface area (Å²) < 4.78 is 0. The van der Waals surface area contributed by atoms with Crippen molar-refractivity contribution in [2.75, 3.05) is 6.54 Å². The molecule has 0 unspecified atom stereocenters. The number of rotatable bonds is 10. The van der Waals surface area contributed by atoms with Crippen molar-refractivity contribution in [2.45, 2.75) is 47.0 Å². The Morgan fingerprint density at radius 2 is 1.86 bits per heavy atom. The highest BCUT2D eigenvalue weighted by atomic mass is 15.0. The molecule has 0 saturated heterocycles. The first kappa shape index (κ1) is 26.5. The molecule has 0 radical (unpaired) electrons. The van der Waals surface area contributed by atoms with Gasteiger partial charge in [0.1, 0.15) is 5.84 Å². The highest BCUT2D eigenvalue weighted by Crippen LogP contribution is 2.19. The second-order valence-electron chi connectivity index (χ2n) is 8.57. The van der Waals surface area contributed by atoms with Gasteiger partial charge in [-0.2, -0.15) is 5.26 Å². The summed E-state index contributed by atoms with van der Waals surface area (Å²) in [5.41, 5.74) is 7.19. The van der Waals surface area contributed by atoms with Crippen LogP contribution in [0.2, 0.25) is 0 Å². The number of benzene rings is 2. The lowest BCUT2D eigenvalue weighted by Gasteiger charge is -2.17. The fraction of sp³-hybridized carbons (Fsp3) is 0.250. The third-order valence-corrected chi connectivity index (χ3v) is 5.98. The van der Waals surface area contributed by atoms with Gasteiger partial charge < -0.3 is 10.3 Å². The van der Waals surface area contributed by atoms with Crippen molar-refractivity contribution in [1.29, 1.82) is 5.26 Å². The van der Waals surface area contributed by atoms with E-state index in [9.17, 15) is 5.26 Å². The van der Waals surface area contributed by atoms with Crippen LogP contribution in [0, 0.1) is 18.3 Å². The summed E-state index contributed by atoms with van der Waals surface area (Å²) in [4.78, 5) is 8.41. The van der Waals surface area contributed by atoms with Gasteiger partial charge in [-0.15, -0.1) is 0 Å². The first-order valence-corrected chi connectivity index (χ1v) is 12.7. The predicted octanol–water partition coefficient (Wildman–Crippen LogP) is 7.71. The van der Waals surface area contributed by atoms with E-state index in [0.717, 1.165) is 53.0 Å². The van der Waals surface area contributed by atoms with Gasteiger partial charge >= 0.3 is 0 Å². The van der Waals surface area contributed by atoms with Crippen LogP contribution in [-0.2, 0) is 6.42 Å². The fourth-order valence-electron chi connectivity index (χ4n) is 4.08. The van der Waals surface area contributed by atoms with Crippen LogP contribution in [0.15, 0.2) is 107 Å². The average molecular weight is 477 g/mol. The van der Waals surface area contributed by atoms with E-state index in [2.05, 4.69) is 79.7 Å². The van der Waals surface area contributed by atoms with Crippen molar-refractivity contribution in [3.63, 3.8) is 0 Å². The number of aromatic nitrogens is 1. The summed E-state index contributed by atoms with van der Waals surface area (Å²) in [5.74, 6) is 0.836. The molecule has 3 rings (SSSR count). The Bertz CT molecular complexity index is 1360. The van der Waals surface area contributed by atoms with Crippen molar-refractivity contribution in [3.8, 4) is 6.07 Å². The number of hydrogen-bond donors (Lipinski definition) is 2. The number of hydrogen-bond acceptors (Lipinski definition) is 2. The minimum atomic E-state index is 0.627. The number of nitriles is 1. The highest BCUT2D eigenvalue weighted by Gasteiger charge is 2.11. The maximum Gasteiger partial charge on any atom is 0.133 e. The third-order valence-electron chi connectivity index (χ3n) is 5.98. The van der Waals surface area contributed by atoms with E-state index in [1.807, 2.05) is 49.4 Å². The molecular formula is C32H36N4. The zero-order valence-corrected chi connectivity index (χ0v) is 21.8. The van der Waals surface area contributed by atoms with Crippen molar-refractivity contribution < 1.29 is 0 Å². The molecule has 0 spiro atoms. The Morgan fingerprint density at radius 1 is 1.08 bits per heavy atom. The first-order valence-electron chi connectivity index (χ1n) is 12.7. The third kappa shape index (κ3) is 6.96. The molecule has 4 heteroatoms. The van der Waals surface area contributed by atoms with E-state index < -0.39 is 0 Å². The number of aliphatic imine (C=N–C) groups is 1. The number of para-hydroxylation sites is 1. The number of nitrogens with one attached hydrogen (secondary N) is 2. The highest BCUT2D eigenvalue weighted by molar-refractivity contribution is 6.01. The summed E-state index contributed by atoms with van der Waals surface area (Å²) in [6.07, 6.45) is 14.7. The zero-order chi connectivity index (χ0) is 25.8. The lowest BCUT2D eigenvalue weighted by Crippen LogP contribution is -2.26. The SMILES string of the molecule is C/C=C(\C=C(C#N)/C=C/CC)C(=C\CC)/NC(=NCCc1c[nH]c2ccccc12)c1ccccc1C. The first-order chi connectivity index (χ1) is 17.6. The van der Waals surface area contributed by atoms with E-state index in [1.165, 1.54) is 10.9 Å². The maximum atomic E-state index is 9.62. The van der Waals surface area contributed by atoms with Gasteiger partial charge in [-0.1, -0.05) is 74.5 Å². The van der Waals surface area contributed by atoms with E-state index in [1.54, 1.807) is 0 Å². The molecule has 184 valence electrons. The van der Waals surface area contributed by atoms with Crippen LogP contribution in [0.25, 0.3) is 10.9 Å². The largest absolute Gasteiger partial charge is 0.361 e. The number of amidine groups is 1. The van der Waals surface area contributed by atoms with Gasteiger partial charge in [-0.3, -0.25) is 4.99 Å². The topological polar surface area (TPSA) is 64.0 Å². The predicted molar refractivity (Wildman–Crippen MR) is 153 cm³/mol. The van der Waals surface area contributed by atoms with Crippen LogP contribution in [-0.4, -0.2) is 17.4 Å². The molecule has 36 heavy (non-hydrogen) atoms. The zero-order valence-electron chi connectivity index (χ0n) is 21.8. The normalized spacial score (nSPS) is 13.4. The molecule has 4 nitrogen and oxygen atoms in total. The molecule has 1 aromatic heterocycles. The maximum absolute atomic E-state index is 9.62. The Morgan fingerprint density at radius 3 is 2.58 bits per heavy atom. The van der Waals surface area contributed by atoms with Gasteiger partial charge in [0, 0.05) is 34.9 Å². The monoisotopic (exact) mass is 476 g/mol. The average Bonchev–Trinajstić information content (AvgIpc) is 3.31. The molecule has 2 N–H and O–H groups in total. The summed E-state index contributed by atoms with van der Waals surface area (Å²) in [5, 5.41) is 14.5.